The minimum atomic E-state index is -0.672. The van der Waals surface area contributed by atoms with Crippen LogP contribution in [-0.2, 0) is 4.79 Å². The summed E-state index contributed by atoms with van der Waals surface area (Å²) in [6, 6.07) is 1.99. The number of carbonyl (C=O) groups excluding carboxylic acids is 1. The zero-order valence-corrected chi connectivity index (χ0v) is 8.89. The van der Waals surface area contributed by atoms with Gasteiger partial charge in [-0.15, -0.1) is 0 Å². The Bertz CT molecular complexity index is 434. The van der Waals surface area contributed by atoms with Gasteiger partial charge in [-0.1, -0.05) is 6.92 Å². The number of halogens is 2. The molecule has 1 heterocycles. The highest BCUT2D eigenvalue weighted by Crippen LogP contribution is 2.32. The molecule has 1 amide bonds. The van der Waals surface area contributed by atoms with Gasteiger partial charge in [-0.3, -0.25) is 4.79 Å². The summed E-state index contributed by atoms with van der Waals surface area (Å²) in [5.41, 5.74) is 0.491. The molecule has 0 fully saturated rings. The van der Waals surface area contributed by atoms with E-state index in [1.165, 1.54) is 11.0 Å². The third-order valence-corrected chi connectivity index (χ3v) is 2.49. The largest absolute Gasteiger partial charge is 0.372 e. The lowest BCUT2D eigenvalue weighted by Crippen LogP contribution is -2.40. The standard InChI is InChI=1S/C11H12F2N2O/c1-2-3-15-9-5-7(12)4-8(13)11(9)14-6-10(15)16/h4-5,14H,2-3,6H2,1H3. The van der Waals surface area contributed by atoms with Gasteiger partial charge in [0.1, 0.15) is 5.82 Å². The molecule has 2 rings (SSSR count). The van der Waals surface area contributed by atoms with Crippen LogP contribution < -0.4 is 10.2 Å². The molecule has 0 unspecified atom stereocenters. The molecular formula is C11H12F2N2O. The van der Waals surface area contributed by atoms with Crippen LogP contribution in [0.15, 0.2) is 12.1 Å². The van der Waals surface area contributed by atoms with Crippen molar-refractivity contribution in [2.24, 2.45) is 0 Å². The molecule has 0 bridgehead atoms. The van der Waals surface area contributed by atoms with Crippen LogP contribution in [0.1, 0.15) is 13.3 Å². The van der Waals surface area contributed by atoms with Crippen molar-refractivity contribution in [1.82, 2.24) is 0 Å². The molecule has 1 aromatic carbocycles. The zero-order valence-electron chi connectivity index (χ0n) is 8.89. The number of hydrogen-bond acceptors (Lipinski definition) is 2. The summed E-state index contributed by atoms with van der Waals surface area (Å²) in [5, 5.41) is 2.66. The molecule has 0 saturated carbocycles. The molecule has 1 aliphatic rings. The summed E-state index contributed by atoms with van der Waals surface area (Å²) in [6.45, 7) is 2.43. The van der Waals surface area contributed by atoms with Crippen LogP contribution in [0.25, 0.3) is 0 Å². The van der Waals surface area contributed by atoms with E-state index in [2.05, 4.69) is 5.32 Å². The predicted molar refractivity (Wildman–Crippen MR) is 57.5 cm³/mol. The quantitative estimate of drug-likeness (QED) is 0.837. The van der Waals surface area contributed by atoms with Crippen LogP contribution in [0.2, 0.25) is 0 Å². The maximum absolute atomic E-state index is 13.4. The van der Waals surface area contributed by atoms with E-state index in [-0.39, 0.29) is 23.8 Å². The van der Waals surface area contributed by atoms with Crippen molar-refractivity contribution in [1.29, 1.82) is 0 Å². The van der Waals surface area contributed by atoms with Crippen LogP contribution in [0.5, 0.6) is 0 Å². The Hall–Kier alpha value is -1.65. The van der Waals surface area contributed by atoms with Crippen LogP contribution in [0.3, 0.4) is 0 Å². The van der Waals surface area contributed by atoms with Gasteiger partial charge < -0.3 is 10.2 Å². The number of nitrogens with zero attached hydrogens (tertiary/aromatic N) is 1. The molecule has 0 atom stereocenters. The molecular weight excluding hydrogens is 214 g/mol. The second-order valence-electron chi connectivity index (χ2n) is 3.68. The van der Waals surface area contributed by atoms with Crippen LogP contribution in [0.4, 0.5) is 20.2 Å². The van der Waals surface area contributed by atoms with Crippen molar-refractivity contribution < 1.29 is 13.6 Å². The lowest BCUT2D eigenvalue weighted by atomic mass is 10.1. The van der Waals surface area contributed by atoms with Gasteiger partial charge in [0.25, 0.3) is 0 Å². The van der Waals surface area contributed by atoms with Crippen molar-refractivity contribution in [3.63, 3.8) is 0 Å². The number of hydrogen-bond donors (Lipinski definition) is 1. The normalized spacial score (nSPS) is 14.7. The molecule has 1 N–H and O–H groups in total. The Morgan fingerprint density at radius 1 is 1.44 bits per heavy atom. The topological polar surface area (TPSA) is 32.3 Å². The van der Waals surface area contributed by atoms with E-state index in [1.54, 1.807) is 0 Å². The third-order valence-electron chi connectivity index (χ3n) is 2.49. The van der Waals surface area contributed by atoms with E-state index in [9.17, 15) is 13.6 Å². The molecule has 1 aromatic rings. The van der Waals surface area contributed by atoms with Crippen molar-refractivity contribution in [2.45, 2.75) is 13.3 Å². The van der Waals surface area contributed by atoms with Gasteiger partial charge in [-0.25, -0.2) is 8.78 Å². The lowest BCUT2D eigenvalue weighted by molar-refractivity contribution is -0.117. The monoisotopic (exact) mass is 226 g/mol. The highest BCUT2D eigenvalue weighted by Gasteiger charge is 2.26. The fourth-order valence-electron chi connectivity index (χ4n) is 1.81. The van der Waals surface area contributed by atoms with Crippen molar-refractivity contribution in [2.75, 3.05) is 23.3 Å². The third kappa shape index (κ3) is 1.73. The number of carbonyl (C=O) groups is 1. The van der Waals surface area contributed by atoms with Crippen LogP contribution in [-0.4, -0.2) is 19.0 Å². The van der Waals surface area contributed by atoms with Gasteiger partial charge in [-0.05, 0) is 12.5 Å². The number of amides is 1. The molecule has 0 saturated heterocycles. The summed E-state index contributed by atoms with van der Waals surface area (Å²) in [4.78, 5) is 13.0. The molecule has 5 heteroatoms. The van der Waals surface area contributed by atoms with Crippen molar-refractivity contribution in [3.8, 4) is 0 Å². The second-order valence-corrected chi connectivity index (χ2v) is 3.68. The Morgan fingerprint density at radius 3 is 2.88 bits per heavy atom. The second kappa shape index (κ2) is 4.08. The number of anilines is 2. The minimum Gasteiger partial charge on any atom is -0.372 e. The van der Waals surface area contributed by atoms with Crippen LogP contribution >= 0.6 is 0 Å². The lowest BCUT2D eigenvalue weighted by Gasteiger charge is -2.30. The van der Waals surface area contributed by atoms with E-state index in [0.29, 0.717) is 6.54 Å². The van der Waals surface area contributed by atoms with E-state index in [1.807, 2.05) is 6.92 Å². The summed E-state index contributed by atoms with van der Waals surface area (Å²) < 4.78 is 26.5. The van der Waals surface area contributed by atoms with E-state index in [4.69, 9.17) is 0 Å². The first-order valence-electron chi connectivity index (χ1n) is 5.16. The van der Waals surface area contributed by atoms with Crippen molar-refractivity contribution >= 4 is 17.3 Å². The number of rotatable bonds is 2. The van der Waals surface area contributed by atoms with Gasteiger partial charge in [0.2, 0.25) is 5.91 Å². The minimum absolute atomic E-state index is 0.0511. The first kappa shape index (κ1) is 10.9. The highest BCUT2D eigenvalue weighted by atomic mass is 19.1. The maximum atomic E-state index is 13.4. The van der Waals surface area contributed by atoms with E-state index in [0.717, 1.165) is 12.5 Å². The van der Waals surface area contributed by atoms with E-state index >= 15 is 0 Å². The average Bonchev–Trinajstić information content (AvgIpc) is 2.22. The van der Waals surface area contributed by atoms with Gasteiger partial charge >= 0.3 is 0 Å². The van der Waals surface area contributed by atoms with Gasteiger partial charge in [-0.2, -0.15) is 0 Å². The fourth-order valence-corrected chi connectivity index (χ4v) is 1.81. The predicted octanol–water partition coefficient (Wildman–Crippen LogP) is 2.13. The van der Waals surface area contributed by atoms with Crippen molar-refractivity contribution in [3.05, 3.63) is 23.8 Å². The Morgan fingerprint density at radius 2 is 2.19 bits per heavy atom. The number of fused-ring (bicyclic) bond motifs is 1. The summed E-state index contributed by atoms with van der Waals surface area (Å²) in [5.74, 6) is -1.50. The first-order valence-corrected chi connectivity index (χ1v) is 5.16. The molecule has 86 valence electrons. The molecule has 0 aromatic heterocycles. The molecule has 0 aliphatic carbocycles. The molecule has 0 spiro atoms. The fraction of sp³-hybridized carbons (Fsp3) is 0.364. The zero-order chi connectivity index (χ0) is 11.7. The SMILES string of the molecule is CCCN1C(=O)CNc2c(F)cc(F)cc21. The highest BCUT2D eigenvalue weighted by molar-refractivity contribution is 6.02. The molecule has 1 aliphatic heterocycles. The smallest absolute Gasteiger partial charge is 0.246 e. The molecule has 0 radical (unpaired) electrons. The summed E-state index contributed by atoms with van der Waals surface area (Å²) in [7, 11) is 0. The van der Waals surface area contributed by atoms with Gasteiger partial charge in [0.05, 0.1) is 17.9 Å². The maximum Gasteiger partial charge on any atom is 0.246 e. The summed E-state index contributed by atoms with van der Waals surface area (Å²) in [6.07, 6.45) is 0.739. The average molecular weight is 226 g/mol. The van der Waals surface area contributed by atoms with Gasteiger partial charge in [0, 0.05) is 12.6 Å². The molecule has 16 heavy (non-hydrogen) atoms. The number of benzene rings is 1. The molecule has 3 nitrogen and oxygen atoms in total. The van der Waals surface area contributed by atoms with Crippen LogP contribution in [0, 0.1) is 11.6 Å². The van der Waals surface area contributed by atoms with Gasteiger partial charge in [0.15, 0.2) is 5.82 Å². The number of nitrogens with one attached hydrogen (secondary N) is 1. The summed E-state index contributed by atoms with van der Waals surface area (Å²) >= 11 is 0. The first-order chi connectivity index (χ1) is 7.63. The Labute approximate surface area is 92.1 Å². The Balaban J connectivity index is 2.49. The van der Waals surface area contributed by atoms with E-state index < -0.39 is 11.6 Å². The Kier molecular flexibility index (Phi) is 2.77.